The second kappa shape index (κ2) is 4.66. The maximum atomic E-state index is 11.9. The van der Waals surface area contributed by atoms with Crippen molar-refractivity contribution in [3.05, 3.63) is 0 Å². The van der Waals surface area contributed by atoms with Gasteiger partial charge in [-0.05, 0) is 36.5 Å². The van der Waals surface area contributed by atoms with Gasteiger partial charge >= 0.3 is 0 Å². The Morgan fingerprint density at radius 3 is 1.75 bits per heavy atom. The molecule has 7 heteroatoms. The van der Waals surface area contributed by atoms with E-state index in [0.717, 1.165) is 12.8 Å². The molecule has 3 aliphatic carbocycles. The molecule has 0 N–H and O–H groups in total. The van der Waals surface area contributed by atoms with Gasteiger partial charge in [0.05, 0.1) is 34.4 Å². The average molecular weight is 430 g/mol. The highest BCUT2D eigenvalue weighted by atomic mass is 79.9. The molecule has 1 spiro atoms. The summed E-state index contributed by atoms with van der Waals surface area (Å²) >= 11 is 7.54. The van der Waals surface area contributed by atoms with Crippen LogP contribution in [0.2, 0.25) is 0 Å². The first-order valence-corrected chi connectivity index (χ1v) is 10.8. The number of ether oxygens (including phenoxy) is 2. The van der Waals surface area contributed by atoms with Crippen LogP contribution in [-0.4, -0.2) is 48.6 Å². The van der Waals surface area contributed by atoms with Gasteiger partial charge in [0.2, 0.25) is 0 Å². The molecule has 2 atom stereocenters. The largest absolute Gasteiger partial charge is 0.345 e. The Bertz CT molecular complexity index is 474. The zero-order valence-electron chi connectivity index (χ0n) is 11.0. The Morgan fingerprint density at radius 2 is 1.30 bits per heavy atom. The highest BCUT2D eigenvalue weighted by molar-refractivity contribution is 9.10. The minimum absolute atomic E-state index is 0.124. The molecule has 4 nitrogen and oxygen atoms in total. The van der Waals surface area contributed by atoms with Crippen LogP contribution < -0.4 is 0 Å². The Hall–Kier alpha value is 0.830. The Kier molecular flexibility index (Phi) is 3.36. The SMILES string of the molecule is O=S1(=O)CC2C3CC(Br)C4(OCCO4)C(Br)CC2C3C1. The van der Waals surface area contributed by atoms with Crippen molar-refractivity contribution in [2.24, 2.45) is 23.7 Å². The van der Waals surface area contributed by atoms with Crippen LogP contribution in [0.15, 0.2) is 0 Å². The molecule has 6 fully saturated rings. The third-order valence-electron chi connectivity index (χ3n) is 5.66. The fourth-order valence-electron chi connectivity index (χ4n) is 4.78. The van der Waals surface area contributed by atoms with Gasteiger partial charge in [0.1, 0.15) is 0 Å². The van der Waals surface area contributed by atoms with Gasteiger partial charge in [-0.15, -0.1) is 0 Å². The van der Waals surface area contributed by atoms with Gasteiger partial charge in [0, 0.05) is 0 Å². The van der Waals surface area contributed by atoms with E-state index in [1.807, 2.05) is 0 Å². The number of halogens is 2. The molecular weight excluding hydrogens is 412 g/mol. The summed E-state index contributed by atoms with van der Waals surface area (Å²) < 4.78 is 35.6. The molecule has 0 aromatic heterocycles. The van der Waals surface area contributed by atoms with E-state index in [4.69, 9.17) is 9.47 Å². The topological polar surface area (TPSA) is 52.6 Å². The van der Waals surface area contributed by atoms with Gasteiger partial charge in [0.25, 0.3) is 0 Å². The highest BCUT2D eigenvalue weighted by Gasteiger charge is 2.63. The molecule has 4 bridgehead atoms. The monoisotopic (exact) mass is 428 g/mol. The Labute approximate surface area is 136 Å². The summed E-state index contributed by atoms with van der Waals surface area (Å²) in [6.45, 7) is 1.28. The summed E-state index contributed by atoms with van der Waals surface area (Å²) in [5.41, 5.74) is 0. The van der Waals surface area contributed by atoms with Gasteiger partial charge < -0.3 is 9.47 Å². The van der Waals surface area contributed by atoms with Crippen LogP contribution in [0.4, 0.5) is 0 Å². The number of fused-ring (bicyclic) bond motifs is 4. The van der Waals surface area contributed by atoms with E-state index in [0.29, 0.717) is 48.4 Å². The lowest BCUT2D eigenvalue weighted by molar-refractivity contribution is -0.181. The first-order chi connectivity index (χ1) is 9.43. The van der Waals surface area contributed by atoms with Crippen LogP contribution in [-0.2, 0) is 19.3 Å². The minimum atomic E-state index is -2.81. The van der Waals surface area contributed by atoms with E-state index in [2.05, 4.69) is 31.9 Å². The number of sulfone groups is 1. The quantitative estimate of drug-likeness (QED) is 0.552. The van der Waals surface area contributed by atoms with Crippen LogP contribution in [0.1, 0.15) is 12.8 Å². The lowest BCUT2D eigenvalue weighted by atomic mass is 9.53. The number of alkyl halides is 2. The van der Waals surface area contributed by atoms with Gasteiger partial charge in [-0.1, -0.05) is 31.9 Å². The minimum Gasteiger partial charge on any atom is -0.345 e. The van der Waals surface area contributed by atoms with Crippen molar-refractivity contribution >= 4 is 41.7 Å². The standard InChI is InChI=1S/C13H18Br2O4S/c14-11-3-7-9-5-20(16,17)6-10(7)8(9)4-12(15)13(11)18-1-2-19-13/h7-12H,1-6H2. The predicted octanol–water partition coefficient (Wildman–Crippen LogP) is 1.96. The van der Waals surface area contributed by atoms with Crippen molar-refractivity contribution in [2.75, 3.05) is 24.7 Å². The summed E-state index contributed by atoms with van der Waals surface area (Å²) in [5, 5.41) is 0. The van der Waals surface area contributed by atoms with Crippen molar-refractivity contribution in [3.63, 3.8) is 0 Å². The molecule has 6 aliphatic rings. The van der Waals surface area contributed by atoms with Crippen molar-refractivity contribution in [2.45, 2.75) is 28.3 Å². The first-order valence-electron chi connectivity index (χ1n) is 7.19. The second-order valence-corrected chi connectivity index (χ2v) is 10.9. The van der Waals surface area contributed by atoms with E-state index in [1.165, 1.54) is 0 Å². The molecule has 0 radical (unpaired) electrons. The summed E-state index contributed by atoms with van der Waals surface area (Å²) in [7, 11) is -2.81. The molecule has 3 saturated heterocycles. The van der Waals surface area contributed by atoms with Crippen molar-refractivity contribution < 1.29 is 17.9 Å². The normalized spacial score (nSPS) is 52.1. The lowest BCUT2D eigenvalue weighted by Gasteiger charge is -2.60. The van der Waals surface area contributed by atoms with E-state index < -0.39 is 15.6 Å². The maximum absolute atomic E-state index is 11.9. The number of rotatable bonds is 0. The molecular formula is C13H18Br2O4S. The molecule has 3 heterocycles. The fourth-order valence-corrected chi connectivity index (χ4v) is 9.46. The molecule has 0 amide bonds. The third kappa shape index (κ3) is 1.92. The number of hydrogen-bond donors (Lipinski definition) is 0. The van der Waals surface area contributed by atoms with Crippen LogP contribution in [0.25, 0.3) is 0 Å². The van der Waals surface area contributed by atoms with E-state index >= 15 is 0 Å². The molecule has 2 unspecified atom stereocenters. The molecule has 0 aromatic rings. The van der Waals surface area contributed by atoms with Crippen molar-refractivity contribution in [1.29, 1.82) is 0 Å². The summed E-state index contributed by atoms with van der Waals surface area (Å²) in [4.78, 5) is 0.248. The van der Waals surface area contributed by atoms with E-state index in [9.17, 15) is 8.42 Å². The van der Waals surface area contributed by atoms with E-state index in [-0.39, 0.29) is 9.65 Å². The van der Waals surface area contributed by atoms with Gasteiger partial charge in [0.15, 0.2) is 15.6 Å². The zero-order valence-corrected chi connectivity index (χ0v) is 15.0. The molecule has 3 saturated carbocycles. The van der Waals surface area contributed by atoms with Crippen molar-refractivity contribution in [3.8, 4) is 0 Å². The summed E-state index contributed by atoms with van der Waals surface area (Å²) in [6.07, 6.45) is 1.90. The van der Waals surface area contributed by atoms with Gasteiger partial charge in [-0.3, -0.25) is 0 Å². The van der Waals surface area contributed by atoms with Crippen LogP contribution in [0, 0.1) is 23.7 Å². The summed E-state index contributed by atoms with van der Waals surface area (Å²) in [6, 6.07) is 0. The van der Waals surface area contributed by atoms with Gasteiger partial charge in [-0.2, -0.15) is 0 Å². The lowest BCUT2D eigenvalue weighted by Crippen LogP contribution is -2.64. The van der Waals surface area contributed by atoms with Crippen LogP contribution in [0.3, 0.4) is 0 Å². The van der Waals surface area contributed by atoms with Crippen molar-refractivity contribution in [1.82, 2.24) is 0 Å². The smallest absolute Gasteiger partial charge is 0.193 e. The molecule has 114 valence electrons. The summed E-state index contributed by atoms with van der Waals surface area (Å²) in [5.74, 6) is 1.91. The van der Waals surface area contributed by atoms with Crippen LogP contribution in [0.5, 0.6) is 0 Å². The first kappa shape index (κ1) is 14.4. The second-order valence-electron chi connectivity index (χ2n) is 6.56. The molecule has 6 rings (SSSR count). The van der Waals surface area contributed by atoms with Crippen LogP contribution >= 0.6 is 31.9 Å². The third-order valence-corrected chi connectivity index (χ3v) is 9.47. The average Bonchev–Trinajstić information content (AvgIpc) is 2.88. The predicted molar refractivity (Wildman–Crippen MR) is 81.9 cm³/mol. The molecule has 3 aliphatic heterocycles. The Morgan fingerprint density at radius 1 is 0.850 bits per heavy atom. The Balaban J connectivity index is 1.62. The van der Waals surface area contributed by atoms with Gasteiger partial charge in [-0.25, -0.2) is 8.42 Å². The maximum Gasteiger partial charge on any atom is 0.193 e. The zero-order chi connectivity index (χ0) is 14.1. The molecule has 20 heavy (non-hydrogen) atoms. The fraction of sp³-hybridized carbons (Fsp3) is 1.00. The van der Waals surface area contributed by atoms with E-state index in [1.54, 1.807) is 0 Å². The molecule has 0 aromatic carbocycles. The number of hydrogen-bond acceptors (Lipinski definition) is 4. The highest BCUT2D eigenvalue weighted by Crippen LogP contribution is 2.60.